The number of β-amino-alcohol motifs (C(OH)–C–C–N with tert-alkyl or cyclic N) is 1. The third-order valence-electron chi connectivity index (χ3n) is 6.12. The van der Waals surface area contributed by atoms with Crippen molar-refractivity contribution in [2.75, 3.05) is 29.5 Å². The fourth-order valence-electron chi connectivity index (χ4n) is 4.52. The average Bonchev–Trinajstić information content (AvgIpc) is 3.55. The number of hydrogen-bond donors (Lipinski definition) is 1. The Morgan fingerprint density at radius 1 is 1.21 bits per heavy atom. The van der Waals surface area contributed by atoms with Gasteiger partial charge in [0.1, 0.15) is 23.1 Å². The normalized spacial score (nSPS) is 20.6. The molecule has 12 heteroatoms. The van der Waals surface area contributed by atoms with E-state index >= 15 is 0 Å². The van der Waals surface area contributed by atoms with Gasteiger partial charge >= 0.3 is 6.03 Å². The summed E-state index contributed by atoms with van der Waals surface area (Å²) < 4.78 is 29.6. The van der Waals surface area contributed by atoms with Gasteiger partial charge in [-0.25, -0.2) is 23.1 Å². The van der Waals surface area contributed by atoms with E-state index in [1.165, 1.54) is 21.7 Å². The van der Waals surface area contributed by atoms with Gasteiger partial charge in [0.25, 0.3) is 0 Å². The predicted octanol–water partition coefficient (Wildman–Crippen LogP) is 3.02. The maximum Gasteiger partial charge on any atom is 0.348 e. The van der Waals surface area contributed by atoms with Crippen LogP contribution in [0.5, 0.6) is 0 Å². The maximum absolute atomic E-state index is 14.5. The summed E-state index contributed by atoms with van der Waals surface area (Å²) in [5, 5.41) is 17.4. The monoisotopic (exact) mass is 457 g/mol. The van der Waals surface area contributed by atoms with E-state index in [9.17, 15) is 23.6 Å². The van der Waals surface area contributed by atoms with Crippen LogP contribution in [0.25, 0.3) is 5.65 Å². The minimum absolute atomic E-state index is 0.0888. The SMILES string of the molecule is O=NN(C(=O)N1CC[C@H](O)C1)c1cnn2ccc(N3CCC[C@@H]3c3cc(F)ccc3F)nc12. The molecule has 10 nitrogen and oxygen atoms in total. The van der Waals surface area contributed by atoms with E-state index in [4.69, 9.17) is 0 Å². The lowest BCUT2D eigenvalue weighted by atomic mass is 10.0. The van der Waals surface area contributed by atoms with Crippen molar-refractivity contribution < 1.29 is 18.7 Å². The van der Waals surface area contributed by atoms with Gasteiger partial charge in [0.2, 0.25) is 0 Å². The molecule has 0 bridgehead atoms. The number of anilines is 2. The number of nitrogens with zero attached hydrogens (tertiary/aromatic N) is 7. The molecule has 5 rings (SSSR count). The number of aliphatic hydroxyl groups is 1. The van der Waals surface area contributed by atoms with Crippen molar-refractivity contribution >= 4 is 23.2 Å². The van der Waals surface area contributed by atoms with Crippen molar-refractivity contribution in [3.05, 3.63) is 58.8 Å². The highest BCUT2D eigenvalue weighted by molar-refractivity contribution is 5.95. The molecule has 3 aromatic rings. The van der Waals surface area contributed by atoms with E-state index in [-0.39, 0.29) is 23.4 Å². The number of nitroso groups, excluding NO2 is 1. The van der Waals surface area contributed by atoms with E-state index in [0.717, 1.165) is 18.6 Å². The highest BCUT2D eigenvalue weighted by Crippen LogP contribution is 2.37. The summed E-state index contributed by atoms with van der Waals surface area (Å²) in [5.74, 6) is -0.530. The molecule has 1 aromatic carbocycles. The van der Waals surface area contributed by atoms with Crippen molar-refractivity contribution in [1.82, 2.24) is 19.5 Å². The van der Waals surface area contributed by atoms with Crippen LogP contribution in [0.3, 0.4) is 0 Å². The Morgan fingerprint density at radius 3 is 2.82 bits per heavy atom. The summed E-state index contributed by atoms with van der Waals surface area (Å²) in [5.41, 5.74) is 0.554. The van der Waals surface area contributed by atoms with E-state index in [2.05, 4.69) is 15.4 Å². The fraction of sp³-hybridized carbons (Fsp3) is 0.381. The molecular formula is C21H21F2N7O3. The second-order valence-corrected chi connectivity index (χ2v) is 8.17. The fourth-order valence-corrected chi connectivity index (χ4v) is 4.52. The first-order valence-corrected chi connectivity index (χ1v) is 10.6. The number of urea groups is 1. The molecule has 2 amide bonds. The molecule has 2 atom stereocenters. The number of benzene rings is 1. The average molecular weight is 457 g/mol. The summed E-state index contributed by atoms with van der Waals surface area (Å²) in [6, 6.07) is 4.00. The smallest absolute Gasteiger partial charge is 0.348 e. The molecule has 172 valence electrons. The van der Waals surface area contributed by atoms with Crippen LogP contribution in [0.1, 0.15) is 30.9 Å². The molecule has 2 aliphatic heterocycles. The van der Waals surface area contributed by atoms with Gasteiger partial charge in [-0.2, -0.15) is 5.10 Å². The van der Waals surface area contributed by atoms with Gasteiger partial charge in [-0.3, -0.25) is 0 Å². The van der Waals surface area contributed by atoms with Gasteiger partial charge in [0.15, 0.2) is 5.65 Å². The number of aliphatic hydroxyl groups excluding tert-OH is 1. The molecule has 2 saturated heterocycles. The summed E-state index contributed by atoms with van der Waals surface area (Å²) in [6.45, 7) is 0.990. The molecule has 0 saturated carbocycles. The number of amides is 2. The Kier molecular flexibility index (Phi) is 5.36. The molecule has 4 heterocycles. The third kappa shape index (κ3) is 3.75. The van der Waals surface area contributed by atoms with Gasteiger partial charge in [-0.1, -0.05) is 0 Å². The minimum atomic E-state index is -0.676. The topological polar surface area (TPSA) is 107 Å². The lowest BCUT2D eigenvalue weighted by Gasteiger charge is -2.26. The highest BCUT2D eigenvalue weighted by Gasteiger charge is 2.33. The number of carbonyl (C=O) groups is 1. The second-order valence-electron chi connectivity index (χ2n) is 8.17. The van der Waals surface area contributed by atoms with E-state index < -0.39 is 29.8 Å². The second kappa shape index (κ2) is 8.35. The Balaban J connectivity index is 1.49. The van der Waals surface area contributed by atoms with Crippen LogP contribution in [0.2, 0.25) is 0 Å². The number of aromatic nitrogens is 3. The van der Waals surface area contributed by atoms with Crippen molar-refractivity contribution in [2.45, 2.75) is 31.4 Å². The zero-order valence-electron chi connectivity index (χ0n) is 17.5. The van der Waals surface area contributed by atoms with Crippen LogP contribution in [0.15, 0.2) is 41.9 Å². The lowest BCUT2D eigenvalue weighted by Crippen LogP contribution is -2.39. The predicted molar refractivity (Wildman–Crippen MR) is 115 cm³/mol. The van der Waals surface area contributed by atoms with Crippen LogP contribution < -0.4 is 9.91 Å². The quantitative estimate of drug-likeness (QED) is 0.477. The first-order valence-electron chi connectivity index (χ1n) is 10.6. The van der Waals surface area contributed by atoms with Crippen LogP contribution in [-0.4, -0.2) is 56.4 Å². The van der Waals surface area contributed by atoms with E-state index in [1.807, 2.05) is 4.90 Å². The van der Waals surface area contributed by atoms with E-state index in [1.54, 1.807) is 12.3 Å². The highest BCUT2D eigenvalue weighted by atomic mass is 19.1. The first-order chi connectivity index (χ1) is 16.0. The number of carbonyl (C=O) groups excluding carboxylic acids is 1. The zero-order valence-corrected chi connectivity index (χ0v) is 17.5. The molecule has 0 unspecified atom stereocenters. The van der Waals surface area contributed by atoms with Crippen LogP contribution in [0.4, 0.5) is 25.1 Å². The first kappa shape index (κ1) is 21.2. The van der Waals surface area contributed by atoms with Gasteiger partial charge < -0.3 is 14.9 Å². The lowest BCUT2D eigenvalue weighted by molar-refractivity contribution is 0.174. The van der Waals surface area contributed by atoms with Crippen LogP contribution in [0, 0.1) is 16.5 Å². The number of fused-ring (bicyclic) bond motifs is 1. The Bertz CT molecular complexity index is 1220. The van der Waals surface area contributed by atoms with Gasteiger partial charge in [0, 0.05) is 31.4 Å². The molecule has 2 aromatic heterocycles. The van der Waals surface area contributed by atoms with Crippen molar-refractivity contribution in [1.29, 1.82) is 0 Å². The maximum atomic E-state index is 14.5. The Labute approximate surface area is 187 Å². The minimum Gasteiger partial charge on any atom is -0.391 e. The largest absolute Gasteiger partial charge is 0.391 e. The third-order valence-corrected chi connectivity index (χ3v) is 6.12. The molecule has 0 spiro atoms. The summed E-state index contributed by atoms with van der Waals surface area (Å²) in [4.78, 5) is 32.2. The van der Waals surface area contributed by atoms with Crippen molar-refractivity contribution in [2.24, 2.45) is 5.29 Å². The molecule has 2 aliphatic rings. The van der Waals surface area contributed by atoms with Gasteiger partial charge in [0.05, 0.1) is 23.6 Å². The van der Waals surface area contributed by atoms with E-state index in [0.29, 0.717) is 36.8 Å². The number of halogens is 2. The standard InChI is InChI=1S/C21H21F2N7O3/c22-13-3-4-16(23)15(10-13)17-2-1-7-28(17)19-6-9-29-20(25-19)18(11-24-29)30(26-33)21(32)27-8-5-14(31)12-27/h3-4,6,9-11,14,17,31H,1-2,5,7-8,12H2/t14-,17+/m0/s1. The molecule has 0 aliphatic carbocycles. The van der Waals surface area contributed by atoms with Crippen LogP contribution >= 0.6 is 0 Å². The molecular weight excluding hydrogens is 436 g/mol. The zero-order chi connectivity index (χ0) is 23.1. The van der Waals surface area contributed by atoms with Gasteiger partial charge in [-0.05, 0) is 43.5 Å². The Hall–Kier alpha value is -3.67. The van der Waals surface area contributed by atoms with Crippen molar-refractivity contribution in [3.8, 4) is 0 Å². The number of hydrogen-bond acceptors (Lipinski definition) is 7. The summed E-state index contributed by atoms with van der Waals surface area (Å²) in [6.07, 6.45) is 4.08. The van der Waals surface area contributed by atoms with Crippen molar-refractivity contribution in [3.63, 3.8) is 0 Å². The molecule has 0 radical (unpaired) electrons. The Morgan fingerprint density at radius 2 is 2.06 bits per heavy atom. The summed E-state index contributed by atoms with van der Waals surface area (Å²) >= 11 is 0. The van der Waals surface area contributed by atoms with Gasteiger partial charge in [-0.15, -0.1) is 9.92 Å². The molecule has 1 N–H and O–H groups in total. The molecule has 2 fully saturated rings. The summed E-state index contributed by atoms with van der Waals surface area (Å²) in [7, 11) is 0. The van der Waals surface area contributed by atoms with Crippen LogP contribution in [-0.2, 0) is 0 Å². The molecule has 33 heavy (non-hydrogen) atoms. The number of likely N-dealkylation sites (tertiary alicyclic amines) is 1. The number of rotatable bonds is 4.